The Hall–Kier alpha value is -10.9. The van der Waals surface area contributed by atoms with Gasteiger partial charge in [0.05, 0.1) is 55.4 Å². The molecule has 572 valence electrons. The molecule has 0 spiro atoms. The van der Waals surface area contributed by atoms with Gasteiger partial charge in [-0.1, -0.05) is 327 Å². The number of fused-ring (bicyclic) bond motifs is 10. The van der Waals surface area contributed by atoms with Gasteiger partial charge in [-0.2, -0.15) is 0 Å². The van der Waals surface area contributed by atoms with Gasteiger partial charge in [0.1, 0.15) is 0 Å². The number of aromatic nitrogens is 2. The largest absolute Gasteiger partial charge is 0.311 e. The normalized spacial score (nSPS) is 15.5. The predicted molar refractivity (Wildman–Crippen MR) is 495 cm³/mol. The summed E-state index contributed by atoms with van der Waals surface area (Å²) in [5.74, 6) is 0. The van der Waals surface area contributed by atoms with Gasteiger partial charge in [0.15, 0.2) is 0 Å². The Morgan fingerprint density at radius 2 is 0.579 bits per heavy atom. The SMILES string of the molecule is [2H]c1c([2H])c([2H])c2c(c1[2H])c1c([2H])c([2H])c([2H])c([2H])c1n2-c1ccc2c(c1)N(c1cc(-c3cccc(C(C)(C)C)c3)c(CC(C)(C)C)cc1-c1cccc(C(C)(C)C)c1)c1cc(CC(C)(C)C)cc3c1B2c1ccc(-n2c4c([2H])c([2H])c([2H])c([2H])c4c4c([2H])c([2H])c([2H])c([2H])c42)cc1N3c1cc(-c2cccc(C(C)(C)C)c2)c(CC(C)(C)C)cc1-c1cccc(C(C)(C)C)c1. The van der Waals surface area contributed by atoms with Gasteiger partial charge < -0.3 is 18.9 Å². The Labute approximate surface area is 702 Å². The van der Waals surface area contributed by atoms with Crippen LogP contribution in [-0.4, -0.2) is 15.8 Å². The summed E-state index contributed by atoms with van der Waals surface area (Å²) in [5.41, 5.74) is 20.8. The molecular formula is C109H113BN4. The van der Waals surface area contributed by atoms with E-state index in [1.54, 1.807) is 9.13 Å². The first-order valence-corrected chi connectivity index (χ1v) is 40.4. The summed E-state index contributed by atoms with van der Waals surface area (Å²) in [6.07, 6.45) is 1.87. The fourth-order valence-corrected chi connectivity index (χ4v) is 17.6. The van der Waals surface area contributed by atoms with Crippen molar-refractivity contribution in [2.75, 3.05) is 9.80 Å². The van der Waals surface area contributed by atoms with Crippen LogP contribution in [0.25, 0.3) is 99.5 Å². The molecule has 0 N–H and O–H groups in total. The van der Waals surface area contributed by atoms with Gasteiger partial charge in [-0.25, -0.2) is 0 Å². The van der Waals surface area contributed by atoms with Crippen LogP contribution in [0, 0.1) is 16.2 Å². The molecule has 0 unspecified atom stereocenters. The second-order valence-corrected chi connectivity index (χ2v) is 39.8. The number of para-hydroxylation sites is 4. The van der Waals surface area contributed by atoms with E-state index in [1.807, 2.05) is 24.3 Å². The molecule has 4 heterocycles. The molecule has 2 aromatic heterocycles. The molecule has 0 atom stereocenters. The van der Waals surface area contributed by atoms with Crippen molar-refractivity contribution in [2.24, 2.45) is 16.2 Å². The van der Waals surface area contributed by atoms with Crippen molar-refractivity contribution in [3.05, 3.63) is 305 Å². The first-order valence-electron chi connectivity index (χ1n) is 48.4. The van der Waals surface area contributed by atoms with Crippen LogP contribution in [0.5, 0.6) is 0 Å². The van der Waals surface area contributed by atoms with E-state index in [-0.39, 0.29) is 81.5 Å². The van der Waals surface area contributed by atoms with E-state index >= 15 is 0 Å². The second-order valence-electron chi connectivity index (χ2n) is 39.8. The lowest BCUT2D eigenvalue weighted by Crippen LogP contribution is -2.61. The molecule has 0 saturated heterocycles. The van der Waals surface area contributed by atoms with Crippen LogP contribution in [0.3, 0.4) is 0 Å². The summed E-state index contributed by atoms with van der Waals surface area (Å²) in [5, 5.41) is -0.243. The zero-order chi connectivity index (χ0) is 94.2. The third kappa shape index (κ3) is 13.9. The molecule has 0 saturated carbocycles. The average molecular weight is 1510 g/mol. The number of hydrogen-bond acceptors (Lipinski definition) is 2. The van der Waals surface area contributed by atoms with Crippen molar-refractivity contribution in [3.63, 3.8) is 0 Å². The summed E-state index contributed by atoms with van der Waals surface area (Å²) in [6.45, 7) is 46.4. The maximum atomic E-state index is 10.0. The third-order valence-electron chi connectivity index (χ3n) is 22.9. The van der Waals surface area contributed by atoms with Crippen LogP contribution in [0.4, 0.5) is 34.1 Å². The molecule has 0 aliphatic carbocycles. The van der Waals surface area contributed by atoms with Crippen molar-refractivity contribution < 1.29 is 21.9 Å². The molecule has 0 fully saturated rings. The van der Waals surface area contributed by atoms with Crippen LogP contribution < -0.4 is 26.2 Å². The summed E-state index contributed by atoms with van der Waals surface area (Å²) in [7, 11) is 0. The maximum Gasteiger partial charge on any atom is 0.252 e. The molecule has 0 bridgehead atoms. The lowest BCUT2D eigenvalue weighted by atomic mass is 9.33. The van der Waals surface area contributed by atoms with Gasteiger partial charge in [-0.3, -0.25) is 0 Å². The van der Waals surface area contributed by atoms with Crippen molar-refractivity contribution in [1.82, 2.24) is 9.13 Å². The number of nitrogens with zero attached hydrogens (tertiary/aromatic N) is 4. The minimum absolute atomic E-state index is 0.0366. The van der Waals surface area contributed by atoms with Gasteiger partial charge >= 0.3 is 0 Å². The highest BCUT2D eigenvalue weighted by Crippen LogP contribution is 2.54. The summed E-state index contributed by atoms with van der Waals surface area (Å²) >= 11 is 0. The zero-order valence-electron chi connectivity index (χ0n) is 86.2. The average Bonchev–Trinajstić information content (AvgIpc) is 1.38. The summed E-state index contributed by atoms with van der Waals surface area (Å²) < 4.78 is 157. The highest BCUT2D eigenvalue weighted by Gasteiger charge is 2.46. The van der Waals surface area contributed by atoms with Crippen molar-refractivity contribution in [2.45, 2.75) is 186 Å². The standard InChI is InChI=1S/C109H113BN4/c1-103(2,3)66-69-54-100-102-101(55-69)114(97-65-87(71-35-31-39-77(57-71)107(13,14)15)75(68-105(7,8)9)61-89(97)73-37-33-41-79(59-73)109(19,20)21)99-63-81(112-94-48-28-24-44-84(94)85-45-25-29-49-95(85)112)51-53-91(99)110(102)90-52-50-80(111-92-46-26-22-42-82(92)83-43-23-27-47-93(83)111)62-98(90)113(100)96-64-86(70-34-30-38-76(56-70)106(10,11)12)74(67-104(4,5)6)60-88(96)72-36-32-40-78(58-72)108(16,17)18/h22-65H,66-68H2,1-21H3/i22D,23D,24D,25D,26D,27D,28D,29D,42D,43D,44D,45D,46D,47D,48D,49D. The fraction of sp³-hybridized carbons (Fsp3) is 0.284. The van der Waals surface area contributed by atoms with Gasteiger partial charge in [0, 0.05) is 66.8 Å². The summed E-state index contributed by atoms with van der Waals surface area (Å²) in [6, 6.07) is 53.6. The second kappa shape index (κ2) is 27.4. The van der Waals surface area contributed by atoms with E-state index in [0.717, 1.165) is 123 Å². The summed E-state index contributed by atoms with van der Waals surface area (Å²) in [4.78, 5) is 4.80. The maximum absolute atomic E-state index is 10.0. The van der Waals surface area contributed by atoms with Crippen LogP contribution in [0.1, 0.15) is 206 Å². The molecule has 4 nitrogen and oxygen atoms in total. The molecular weight excluding hydrogens is 1380 g/mol. The number of benzene rings is 13. The van der Waals surface area contributed by atoms with E-state index in [2.05, 4.69) is 301 Å². The molecule has 15 aromatic rings. The van der Waals surface area contributed by atoms with Crippen molar-refractivity contribution in [1.29, 1.82) is 0 Å². The van der Waals surface area contributed by atoms with E-state index in [9.17, 15) is 21.9 Å². The molecule has 2 aliphatic heterocycles. The van der Waals surface area contributed by atoms with Crippen molar-refractivity contribution in [3.8, 4) is 55.9 Å². The molecule has 114 heavy (non-hydrogen) atoms. The Balaban J connectivity index is 1.13. The molecule has 2 aliphatic rings. The molecule has 0 amide bonds. The van der Waals surface area contributed by atoms with Gasteiger partial charge in [-0.05, 0) is 231 Å². The Bertz CT molecular complexity index is 6770. The molecule has 17 rings (SSSR count). The Morgan fingerprint density at radius 1 is 0.281 bits per heavy atom. The zero-order valence-corrected chi connectivity index (χ0v) is 70.2. The van der Waals surface area contributed by atoms with Crippen LogP contribution in [-0.2, 0) is 40.9 Å². The minimum Gasteiger partial charge on any atom is -0.311 e. The van der Waals surface area contributed by atoms with Gasteiger partial charge in [-0.15, -0.1) is 0 Å². The monoisotopic (exact) mass is 1510 g/mol. The van der Waals surface area contributed by atoms with Crippen LogP contribution in [0.15, 0.2) is 267 Å². The van der Waals surface area contributed by atoms with E-state index < -0.39 is 103 Å². The molecule has 5 heteroatoms. The highest BCUT2D eigenvalue weighted by atomic mass is 15.2. The quantitative estimate of drug-likeness (QED) is 0.120. The predicted octanol–water partition coefficient (Wildman–Crippen LogP) is 28.6. The van der Waals surface area contributed by atoms with Crippen molar-refractivity contribution >= 4 is 101 Å². The minimum atomic E-state index is -0.763. The number of rotatable bonds is 11. The van der Waals surface area contributed by atoms with Crippen LogP contribution in [0.2, 0.25) is 0 Å². The lowest BCUT2D eigenvalue weighted by Gasteiger charge is -2.46. The van der Waals surface area contributed by atoms with E-state index in [0.29, 0.717) is 42.0 Å². The van der Waals surface area contributed by atoms with Gasteiger partial charge in [0.2, 0.25) is 0 Å². The molecule has 13 aromatic carbocycles. The highest BCUT2D eigenvalue weighted by molar-refractivity contribution is 7.00. The Morgan fingerprint density at radius 3 is 0.877 bits per heavy atom. The number of anilines is 6. The number of hydrogen-bond donors (Lipinski definition) is 0. The van der Waals surface area contributed by atoms with Crippen LogP contribution >= 0.6 is 0 Å². The molecule has 0 radical (unpaired) electrons. The lowest BCUT2D eigenvalue weighted by molar-refractivity contribution is 0.411. The topological polar surface area (TPSA) is 16.3 Å². The first kappa shape index (κ1) is 58.9. The van der Waals surface area contributed by atoms with E-state index in [4.69, 9.17) is 0 Å². The Kier molecular flexibility index (Phi) is 14.2. The first-order chi connectivity index (χ1) is 60.5. The fourth-order valence-electron chi connectivity index (χ4n) is 17.6. The van der Waals surface area contributed by atoms with Gasteiger partial charge in [0.25, 0.3) is 6.71 Å². The van der Waals surface area contributed by atoms with E-state index in [1.165, 1.54) is 0 Å². The smallest absolute Gasteiger partial charge is 0.252 e. The third-order valence-corrected chi connectivity index (χ3v) is 22.9.